The van der Waals surface area contributed by atoms with Crippen LogP contribution in [0.5, 0.6) is 5.75 Å². The molecular weight excluding hydrogens is 468 g/mol. The van der Waals surface area contributed by atoms with Crippen LogP contribution in [0.1, 0.15) is 51.5 Å². The molecule has 1 saturated carbocycles. The number of halogens is 4. The monoisotopic (exact) mass is 502 g/mol. The van der Waals surface area contributed by atoms with E-state index in [1.54, 1.807) is 13.8 Å². The SMILES string of the molecule is CC(C)OC(=O)CCCC=CC[C@@H]1[C@@H](C=C[C@H](F)COc2cccc(C(F)(F)F)c2)[C@H](O)C[C@@H]1O. The van der Waals surface area contributed by atoms with E-state index < -0.39 is 42.6 Å². The van der Waals surface area contributed by atoms with E-state index >= 15 is 0 Å². The lowest BCUT2D eigenvalue weighted by molar-refractivity contribution is -0.147. The van der Waals surface area contributed by atoms with E-state index in [-0.39, 0.29) is 30.2 Å². The van der Waals surface area contributed by atoms with Crippen LogP contribution in [0.15, 0.2) is 48.6 Å². The van der Waals surface area contributed by atoms with Gasteiger partial charge in [-0.05, 0) is 57.2 Å². The molecular formula is C26H34F4O5. The number of unbranched alkanes of at least 4 members (excludes halogenated alkanes) is 1. The number of benzene rings is 1. The Hall–Kier alpha value is -2.39. The maximum absolute atomic E-state index is 14.3. The highest BCUT2D eigenvalue weighted by Crippen LogP contribution is 2.36. The average molecular weight is 503 g/mol. The number of aliphatic hydroxyl groups is 2. The molecule has 0 amide bonds. The number of aliphatic hydroxyl groups excluding tert-OH is 2. The van der Waals surface area contributed by atoms with Crippen LogP contribution in [0, 0.1) is 11.8 Å². The van der Waals surface area contributed by atoms with Crippen molar-refractivity contribution in [2.75, 3.05) is 6.61 Å². The number of hydrogen-bond donors (Lipinski definition) is 2. The maximum atomic E-state index is 14.3. The Kier molecular flexibility index (Phi) is 11.2. The smallest absolute Gasteiger partial charge is 0.416 e. The molecule has 0 spiro atoms. The molecule has 2 rings (SSSR count). The molecule has 1 fully saturated rings. The van der Waals surface area contributed by atoms with E-state index in [1.165, 1.54) is 24.3 Å². The van der Waals surface area contributed by atoms with Crippen molar-refractivity contribution in [1.29, 1.82) is 0 Å². The Morgan fingerprint density at radius 1 is 1.20 bits per heavy atom. The van der Waals surface area contributed by atoms with Crippen molar-refractivity contribution in [3.05, 3.63) is 54.1 Å². The highest BCUT2D eigenvalue weighted by molar-refractivity contribution is 5.69. The Morgan fingerprint density at radius 2 is 1.94 bits per heavy atom. The predicted octanol–water partition coefficient (Wildman–Crippen LogP) is 5.40. The maximum Gasteiger partial charge on any atom is 0.416 e. The first kappa shape index (κ1) is 28.8. The predicted molar refractivity (Wildman–Crippen MR) is 123 cm³/mol. The van der Waals surface area contributed by atoms with E-state index in [1.807, 2.05) is 12.2 Å². The van der Waals surface area contributed by atoms with Gasteiger partial charge in [-0.2, -0.15) is 13.2 Å². The molecule has 9 heteroatoms. The zero-order chi connectivity index (χ0) is 26.0. The third-order valence-electron chi connectivity index (χ3n) is 5.72. The van der Waals surface area contributed by atoms with Gasteiger partial charge in [0.25, 0.3) is 0 Å². The van der Waals surface area contributed by atoms with Crippen LogP contribution >= 0.6 is 0 Å². The van der Waals surface area contributed by atoms with Crippen molar-refractivity contribution >= 4 is 5.97 Å². The van der Waals surface area contributed by atoms with E-state index in [9.17, 15) is 32.6 Å². The summed E-state index contributed by atoms with van der Waals surface area (Å²) in [7, 11) is 0. The van der Waals surface area contributed by atoms with Crippen LogP contribution in [-0.2, 0) is 15.7 Å². The number of esters is 1. The summed E-state index contributed by atoms with van der Waals surface area (Å²) in [5.74, 6) is -1.11. The number of hydrogen-bond acceptors (Lipinski definition) is 5. The van der Waals surface area contributed by atoms with Gasteiger partial charge in [-0.25, -0.2) is 4.39 Å². The summed E-state index contributed by atoms with van der Waals surface area (Å²) in [6.45, 7) is 3.10. The Bertz CT molecular complexity index is 852. The molecule has 0 heterocycles. The fourth-order valence-electron chi connectivity index (χ4n) is 4.01. The zero-order valence-corrected chi connectivity index (χ0v) is 20.0. The molecule has 1 aliphatic carbocycles. The van der Waals surface area contributed by atoms with Gasteiger partial charge in [-0.3, -0.25) is 4.79 Å². The van der Waals surface area contributed by atoms with Gasteiger partial charge in [0.2, 0.25) is 0 Å². The minimum absolute atomic E-state index is 0.0901. The second-order valence-corrected chi connectivity index (χ2v) is 8.99. The molecule has 0 radical (unpaired) electrons. The molecule has 5 nitrogen and oxygen atoms in total. The number of carbonyl (C=O) groups is 1. The van der Waals surface area contributed by atoms with Crippen molar-refractivity contribution in [1.82, 2.24) is 0 Å². The summed E-state index contributed by atoms with van der Waals surface area (Å²) >= 11 is 0. The Balaban J connectivity index is 1.82. The fourth-order valence-corrected chi connectivity index (χ4v) is 4.01. The van der Waals surface area contributed by atoms with Crippen molar-refractivity contribution in [2.24, 2.45) is 11.8 Å². The van der Waals surface area contributed by atoms with Crippen LogP contribution < -0.4 is 4.74 Å². The number of alkyl halides is 4. The van der Waals surface area contributed by atoms with Gasteiger partial charge >= 0.3 is 12.1 Å². The van der Waals surface area contributed by atoms with Crippen LogP contribution in [0.25, 0.3) is 0 Å². The summed E-state index contributed by atoms with van der Waals surface area (Å²) < 4.78 is 62.9. The van der Waals surface area contributed by atoms with Crippen molar-refractivity contribution in [3.63, 3.8) is 0 Å². The standard InChI is InChI=1S/C26H34F4O5/c1-17(2)35-25(33)11-6-4-3-5-10-21-22(24(32)15-23(21)31)13-12-19(27)16-34-20-9-7-8-18(14-20)26(28,29)30/h3,5,7-9,12-14,17,19,21-24,31-32H,4,6,10-11,15-16H2,1-2H3/t19-,21+,22+,23-,24+/m0/s1. The number of allylic oxidation sites excluding steroid dienone is 2. The molecule has 35 heavy (non-hydrogen) atoms. The molecule has 1 aromatic rings. The van der Waals surface area contributed by atoms with E-state index in [2.05, 4.69) is 0 Å². The molecule has 2 N–H and O–H groups in total. The quantitative estimate of drug-likeness (QED) is 0.173. The van der Waals surface area contributed by atoms with Crippen molar-refractivity contribution < 1.29 is 42.0 Å². The molecule has 5 atom stereocenters. The lowest BCUT2D eigenvalue weighted by Crippen LogP contribution is -2.20. The third kappa shape index (κ3) is 10.0. The lowest BCUT2D eigenvalue weighted by atomic mass is 9.89. The molecule has 0 aromatic heterocycles. The van der Waals surface area contributed by atoms with Crippen molar-refractivity contribution in [3.8, 4) is 5.75 Å². The Morgan fingerprint density at radius 3 is 2.63 bits per heavy atom. The van der Waals surface area contributed by atoms with E-state index in [4.69, 9.17) is 9.47 Å². The normalized spacial score (nSPS) is 23.9. The van der Waals surface area contributed by atoms with Crippen LogP contribution in [-0.4, -0.2) is 47.3 Å². The van der Waals surface area contributed by atoms with Crippen molar-refractivity contribution in [2.45, 2.75) is 76.6 Å². The van der Waals surface area contributed by atoms with Crippen LogP contribution in [0.3, 0.4) is 0 Å². The van der Waals surface area contributed by atoms with Crippen LogP contribution in [0.4, 0.5) is 17.6 Å². The minimum atomic E-state index is -4.52. The van der Waals surface area contributed by atoms with Gasteiger partial charge in [-0.15, -0.1) is 0 Å². The first-order valence-electron chi connectivity index (χ1n) is 11.8. The summed E-state index contributed by atoms with van der Waals surface area (Å²) in [4.78, 5) is 11.5. The molecule has 1 aliphatic rings. The largest absolute Gasteiger partial charge is 0.490 e. The highest BCUT2D eigenvalue weighted by atomic mass is 19.4. The molecule has 196 valence electrons. The average Bonchev–Trinajstić information content (AvgIpc) is 3.04. The van der Waals surface area contributed by atoms with Gasteiger partial charge in [0.05, 0.1) is 23.9 Å². The lowest BCUT2D eigenvalue weighted by Gasteiger charge is -2.19. The fraction of sp³-hybridized carbons (Fsp3) is 0.577. The highest BCUT2D eigenvalue weighted by Gasteiger charge is 2.39. The third-order valence-corrected chi connectivity index (χ3v) is 5.72. The van der Waals surface area contributed by atoms with E-state index in [0.717, 1.165) is 12.1 Å². The van der Waals surface area contributed by atoms with Gasteiger partial charge in [0, 0.05) is 18.8 Å². The molecule has 0 saturated heterocycles. The topological polar surface area (TPSA) is 76.0 Å². The van der Waals surface area contributed by atoms with Gasteiger partial charge in [0.15, 0.2) is 6.17 Å². The van der Waals surface area contributed by atoms with E-state index in [0.29, 0.717) is 25.7 Å². The summed E-state index contributed by atoms with van der Waals surface area (Å²) in [5.41, 5.74) is -0.879. The first-order chi connectivity index (χ1) is 16.5. The molecule has 0 bridgehead atoms. The second-order valence-electron chi connectivity index (χ2n) is 8.99. The summed E-state index contributed by atoms with van der Waals surface area (Å²) in [5, 5.41) is 20.6. The minimum Gasteiger partial charge on any atom is -0.490 e. The van der Waals surface area contributed by atoms with Gasteiger partial charge in [0.1, 0.15) is 12.4 Å². The molecule has 0 unspecified atom stereocenters. The zero-order valence-electron chi connectivity index (χ0n) is 20.0. The number of carbonyl (C=O) groups excluding carboxylic acids is 1. The second kappa shape index (κ2) is 13.6. The first-order valence-corrected chi connectivity index (χ1v) is 11.8. The number of rotatable bonds is 12. The van der Waals surface area contributed by atoms with Gasteiger partial charge in [-0.1, -0.05) is 30.4 Å². The molecule has 1 aromatic carbocycles. The molecule has 0 aliphatic heterocycles. The van der Waals surface area contributed by atoms with Gasteiger partial charge < -0.3 is 19.7 Å². The summed E-state index contributed by atoms with van der Waals surface area (Å²) in [6, 6.07) is 4.22. The Labute approximate surface area is 203 Å². The summed E-state index contributed by atoms with van der Waals surface area (Å²) in [6.07, 6.45) is 0.917. The number of ether oxygens (including phenoxy) is 2. The van der Waals surface area contributed by atoms with Crippen LogP contribution in [0.2, 0.25) is 0 Å².